The number of hydrogen-bond acceptors (Lipinski definition) is 6. The first kappa shape index (κ1) is 39.6. The fraction of sp³-hybridized carbons (Fsp3) is 0.0943. The number of fused-ring (bicyclic) bond motifs is 1. The van der Waals surface area contributed by atoms with Gasteiger partial charge < -0.3 is 31.7 Å². The van der Waals surface area contributed by atoms with Gasteiger partial charge in [-0.05, 0) is 108 Å². The first-order chi connectivity index (χ1) is 30.3. The largest absolute Gasteiger partial charge is 0.486 e. The topological polar surface area (TPSA) is 108 Å². The van der Waals surface area contributed by atoms with Crippen LogP contribution in [-0.2, 0) is 0 Å². The molecule has 1 unspecified atom stereocenters. The lowest BCUT2D eigenvalue weighted by molar-refractivity contribution is -0.840. The summed E-state index contributed by atoms with van der Waals surface area (Å²) in [7, 11) is 2.08. The van der Waals surface area contributed by atoms with Crippen LogP contribution in [0.3, 0.4) is 0 Å². The molecule has 0 spiro atoms. The lowest BCUT2D eigenvalue weighted by Gasteiger charge is -2.34. The molecule has 62 heavy (non-hydrogen) atoms. The SMILES string of the molecule is CC(C)C[NH+](C)[N-]c1c(N)c(-c2ccc(N(c3ccccc3)c3ccccc3)cc2)c2nn(-c3ccc(N)cc3)nc2c1-c1ccc(N(c2ccccc2)c2ccccc2)cc1. The fourth-order valence-corrected chi connectivity index (χ4v) is 8.13. The highest BCUT2D eigenvalue weighted by molar-refractivity contribution is 6.13. The molecular weight excluding hydrogens is 763 g/mol. The maximum atomic E-state index is 7.46. The second kappa shape index (κ2) is 17.4. The van der Waals surface area contributed by atoms with Crippen LogP contribution in [0, 0.1) is 5.92 Å². The Labute approximate surface area is 363 Å². The van der Waals surface area contributed by atoms with Crippen molar-refractivity contribution in [1.82, 2.24) is 15.0 Å². The zero-order valence-electron chi connectivity index (χ0n) is 35.1. The summed E-state index contributed by atoms with van der Waals surface area (Å²) in [5.41, 5.74) is 32.6. The maximum Gasteiger partial charge on any atom is 0.124 e. The van der Waals surface area contributed by atoms with Gasteiger partial charge in [0.1, 0.15) is 11.0 Å². The van der Waals surface area contributed by atoms with E-state index in [-0.39, 0.29) is 0 Å². The minimum Gasteiger partial charge on any atom is -0.486 e. The number of quaternary nitrogens is 1. The molecule has 0 radical (unpaired) electrons. The van der Waals surface area contributed by atoms with Crippen LogP contribution >= 0.6 is 0 Å². The van der Waals surface area contributed by atoms with E-state index in [2.05, 4.69) is 176 Å². The molecule has 0 saturated carbocycles. The van der Waals surface area contributed by atoms with Gasteiger partial charge in [-0.25, -0.2) is 0 Å². The third-order valence-electron chi connectivity index (χ3n) is 10.9. The Balaban J connectivity index is 1.23. The van der Waals surface area contributed by atoms with Crippen molar-refractivity contribution in [3.63, 3.8) is 0 Å². The molecule has 306 valence electrons. The normalized spacial score (nSPS) is 11.7. The lowest BCUT2D eigenvalue weighted by Crippen LogP contribution is -3.05. The van der Waals surface area contributed by atoms with Crippen LogP contribution < -0.4 is 26.3 Å². The number of nitrogens with zero attached hydrogens (tertiary/aromatic N) is 6. The van der Waals surface area contributed by atoms with E-state index < -0.39 is 0 Å². The number of para-hydroxylation sites is 4. The van der Waals surface area contributed by atoms with E-state index in [0.717, 1.165) is 73.6 Å². The molecule has 0 fully saturated rings. The first-order valence-electron chi connectivity index (χ1n) is 21.0. The third-order valence-corrected chi connectivity index (χ3v) is 10.9. The van der Waals surface area contributed by atoms with Crippen LogP contribution in [0.4, 0.5) is 51.2 Å². The minimum atomic E-state index is 0.406. The van der Waals surface area contributed by atoms with Crippen molar-refractivity contribution in [2.75, 3.05) is 34.9 Å². The Morgan fingerprint density at radius 1 is 0.500 bits per heavy atom. The minimum absolute atomic E-state index is 0.406. The van der Waals surface area contributed by atoms with Gasteiger partial charge in [0.25, 0.3) is 0 Å². The molecular formula is C53H49N9. The van der Waals surface area contributed by atoms with E-state index >= 15 is 0 Å². The standard InChI is InChI=1S/C53H49N9/c1-37(2)36-59(3)56-51-49(39-26-32-46(33-27-39)61(43-20-12-6-13-21-43)44-22-14-7-15-23-44)53-52(57-62(58-53)47-34-28-40(54)29-35-47)48(50(51)55)38-24-30-45(31-25-38)60(41-16-8-4-9-17-41)42-18-10-5-11-19-42/h4-35,37,59H,36,54-55H2,1-3H3. The molecule has 0 bridgehead atoms. The highest BCUT2D eigenvalue weighted by Gasteiger charge is 2.24. The number of nitrogens with one attached hydrogen (secondary N) is 1. The van der Waals surface area contributed by atoms with Crippen molar-refractivity contribution < 1.29 is 5.01 Å². The lowest BCUT2D eigenvalue weighted by atomic mass is 9.93. The van der Waals surface area contributed by atoms with Gasteiger partial charge in [0, 0.05) is 62.5 Å². The van der Waals surface area contributed by atoms with Gasteiger partial charge in [-0.3, -0.25) is 0 Å². The second-order valence-electron chi connectivity index (χ2n) is 15.8. The highest BCUT2D eigenvalue weighted by Crippen LogP contribution is 2.49. The molecule has 9 aromatic rings. The molecule has 0 aliphatic heterocycles. The molecule has 1 aromatic heterocycles. The summed E-state index contributed by atoms with van der Waals surface area (Å²) in [5.74, 6) is 0.406. The number of hydrogen-bond donors (Lipinski definition) is 3. The predicted molar refractivity (Wildman–Crippen MR) is 258 cm³/mol. The Morgan fingerprint density at radius 3 is 1.27 bits per heavy atom. The Kier molecular flexibility index (Phi) is 11.1. The molecule has 0 amide bonds. The van der Waals surface area contributed by atoms with Crippen molar-refractivity contribution >= 4 is 62.2 Å². The molecule has 5 N–H and O–H groups in total. The Morgan fingerprint density at radius 2 is 0.871 bits per heavy atom. The molecule has 1 atom stereocenters. The molecule has 0 aliphatic carbocycles. The highest BCUT2D eigenvalue weighted by atomic mass is 15.5. The van der Waals surface area contributed by atoms with Crippen molar-refractivity contribution in [2.24, 2.45) is 5.92 Å². The summed E-state index contributed by atoms with van der Waals surface area (Å²) in [6.45, 7) is 5.22. The summed E-state index contributed by atoms with van der Waals surface area (Å²) < 4.78 is 0. The molecule has 9 rings (SSSR count). The van der Waals surface area contributed by atoms with Gasteiger partial charge >= 0.3 is 0 Å². The van der Waals surface area contributed by atoms with Crippen molar-refractivity contribution in [2.45, 2.75) is 13.8 Å². The quantitative estimate of drug-likeness (QED) is 0.0790. The zero-order chi connectivity index (χ0) is 42.6. The van der Waals surface area contributed by atoms with E-state index in [1.165, 1.54) is 0 Å². The van der Waals surface area contributed by atoms with Gasteiger partial charge in [0.05, 0.1) is 19.3 Å². The average molecular weight is 812 g/mol. The number of benzene rings is 8. The van der Waals surface area contributed by atoms with E-state index in [0.29, 0.717) is 34.0 Å². The smallest absolute Gasteiger partial charge is 0.124 e. The molecule has 9 nitrogen and oxygen atoms in total. The number of rotatable bonds is 13. The molecule has 0 aliphatic rings. The Hall–Kier alpha value is -7.88. The van der Waals surface area contributed by atoms with Gasteiger partial charge in [-0.15, -0.1) is 10.2 Å². The fourth-order valence-electron chi connectivity index (χ4n) is 8.13. The second-order valence-corrected chi connectivity index (χ2v) is 15.8. The summed E-state index contributed by atoms with van der Waals surface area (Å²) in [5, 5.41) is 11.4. The van der Waals surface area contributed by atoms with Crippen molar-refractivity contribution in [3.8, 4) is 27.9 Å². The number of nitrogens with two attached hydrogens (primary N) is 2. The average Bonchev–Trinajstić information content (AvgIpc) is 3.73. The monoisotopic (exact) mass is 811 g/mol. The maximum absolute atomic E-state index is 7.46. The van der Waals surface area contributed by atoms with Crippen molar-refractivity contribution in [1.29, 1.82) is 0 Å². The van der Waals surface area contributed by atoms with Gasteiger partial charge in [0.15, 0.2) is 0 Å². The number of anilines is 8. The summed E-state index contributed by atoms with van der Waals surface area (Å²) in [6.07, 6.45) is 0. The zero-order valence-corrected chi connectivity index (χ0v) is 35.1. The molecule has 0 saturated heterocycles. The van der Waals surface area contributed by atoms with E-state index in [1.54, 1.807) is 4.80 Å². The van der Waals surface area contributed by atoms with Crippen LogP contribution in [0.25, 0.3) is 44.4 Å². The van der Waals surface area contributed by atoms with Gasteiger partial charge in [-0.2, -0.15) is 4.80 Å². The summed E-state index contributed by atoms with van der Waals surface area (Å²) >= 11 is 0. The van der Waals surface area contributed by atoms with Gasteiger partial charge in [-0.1, -0.05) is 117 Å². The van der Waals surface area contributed by atoms with E-state index in [4.69, 9.17) is 27.1 Å². The van der Waals surface area contributed by atoms with E-state index in [1.807, 2.05) is 48.5 Å². The number of nitrogen functional groups attached to an aromatic ring is 2. The van der Waals surface area contributed by atoms with Crippen LogP contribution in [0.5, 0.6) is 0 Å². The predicted octanol–water partition coefficient (Wildman–Crippen LogP) is 11.9. The first-order valence-corrected chi connectivity index (χ1v) is 21.0. The number of aromatic nitrogens is 3. The summed E-state index contributed by atoms with van der Waals surface area (Å²) in [6, 6.07) is 66.2. The van der Waals surface area contributed by atoms with E-state index in [9.17, 15) is 0 Å². The van der Waals surface area contributed by atoms with Crippen LogP contribution in [0.1, 0.15) is 13.8 Å². The van der Waals surface area contributed by atoms with Crippen LogP contribution in [0.2, 0.25) is 0 Å². The van der Waals surface area contributed by atoms with Crippen LogP contribution in [-0.4, -0.2) is 28.6 Å². The Bertz CT molecular complexity index is 2800. The third kappa shape index (κ3) is 8.04. The van der Waals surface area contributed by atoms with Crippen molar-refractivity contribution in [3.05, 3.63) is 200 Å². The summed E-state index contributed by atoms with van der Waals surface area (Å²) in [4.78, 5) is 6.17. The molecule has 9 heteroatoms. The van der Waals surface area contributed by atoms with Gasteiger partial charge in [0.2, 0.25) is 0 Å². The molecule has 1 heterocycles. The molecule has 8 aromatic carbocycles. The van der Waals surface area contributed by atoms with Crippen LogP contribution in [0.15, 0.2) is 194 Å².